The fraction of sp³-hybridized carbons (Fsp3) is 1.00. The zero-order valence-electron chi connectivity index (χ0n) is 10.6. The van der Waals surface area contributed by atoms with Crippen molar-refractivity contribution < 1.29 is 4.74 Å². The molecule has 0 aromatic carbocycles. The van der Waals surface area contributed by atoms with Crippen LogP contribution in [-0.4, -0.2) is 50.3 Å². The number of nitrogens with one attached hydrogen (secondary N) is 1. The van der Waals surface area contributed by atoms with Crippen LogP contribution in [-0.2, 0) is 4.74 Å². The van der Waals surface area contributed by atoms with Gasteiger partial charge >= 0.3 is 0 Å². The third kappa shape index (κ3) is 3.74. The minimum absolute atomic E-state index is 0.595. The number of rotatable bonds is 5. The molecule has 0 aromatic heterocycles. The summed E-state index contributed by atoms with van der Waals surface area (Å²) in [5.41, 5.74) is 0. The van der Waals surface area contributed by atoms with E-state index in [1.807, 2.05) is 0 Å². The van der Waals surface area contributed by atoms with Gasteiger partial charge in [0.25, 0.3) is 0 Å². The summed E-state index contributed by atoms with van der Waals surface area (Å²) < 4.78 is 5.52. The molecule has 1 fully saturated rings. The second-order valence-corrected chi connectivity index (χ2v) is 4.77. The Morgan fingerprint density at radius 2 is 2.20 bits per heavy atom. The smallest absolute Gasteiger partial charge is 0.0622 e. The largest absolute Gasteiger partial charge is 0.378 e. The Morgan fingerprint density at radius 3 is 2.73 bits per heavy atom. The van der Waals surface area contributed by atoms with Gasteiger partial charge < -0.3 is 10.1 Å². The maximum atomic E-state index is 5.52. The molecular weight excluding hydrogens is 188 g/mol. The molecule has 1 rings (SSSR count). The van der Waals surface area contributed by atoms with Gasteiger partial charge in [-0.1, -0.05) is 20.8 Å². The third-order valence-electron chi connectivity index (χ3n) is 3.43. The van der Waals surface area contributed by atoms with Crippen molar-refractivity contribution in [1.82, 2.24) is 10.2 Å². The van der Waals surface area contributed by atoms with Gasteiger partial charge in [0.15, 0.2) is 0 Å². The lowest BCUT2D eigenvalue weighted by atomic mass is 10.0. The topological polar surface area (TPSA) is 24.5 Å². The summed E-state index contributed by atoms with van der Waals surface area (Å²) in [6, 6.07) is 1.21. The second kappa shape index (κ2) is 6.46. The van der Waals surface area contributed by atoms with Crippen molar-refractivity contribution >= 4 is 0 Å². The van der Waals surface area contributed by atoms with E-state index in [0.29, 0.717) is 18.0 Å². The fourth-order valence-electron chi connectivity index (χ4n) is 2.19. The Bertz CT molecular complexity index is 173. The lowest BCUT2D eigenvalue weighted by Crippen LogP contribution is -2.51. The summed E-state index contributed by atoms with van der Waals surface area (Å²) >= 11 is 0. The molecule has 90 valence electrons. The first kappa shape index (κ1) is 12.9. The highest BCUT2D eigenvalue weighted by Crippen LogP contribution is 2.13. The molecular formula is C12H26N2O. The fourth-order valence-corrected chi connectivity index (χ4v) is 2.19. The maximum Gasteiger partial charge on any atom is 0.0622 e. The number of morpholine rings is 1. The zero-order valence-corrected chi connectivity index (χ0v) is 10.6. The summed E-state index contributed by atoms with van der Waals surface area (Å²) in [6.45, 7) is 10.8. The molecule has 0 amide bonds. The number of nitrogens with zero attached hydrogens (tertiary/aromatic N) is 1. The molecule has 3 heteroatoms. The third-order valence-corrected chi connectivity index (χ3v) is 3.43. The molecule has 3 nitrogen and oxygen atoms in total. The lowest BCUT2D eigenvalue weighted by molar-refractivity contribution is -0.0143. The first-order valence-electron chi connectivity index (χ1n) is 6.18. The second-order valence-electron chi connectivity index (χ2n) is 4.77. The van der Waals surface area contributed by atoms with E-state index in [0.717, 1.165) is 26.3 Å². The normalized spacial score (nSPS) is 25.8. The van der Waals surface area contributed by atoms with Crippen molar-refractivity contribution in [3.8, 4) is 0 Å². The SMILES string of the molecule is CCC1COCCN1CC(NC)C(C)C. The molecule has 2 unspecified atom stereocenters. The van der Waals surface area contributed by atoms with E-state index in [1.165, 1.54) is 6.42 Å². The molecule has 2 atom stereocenters. The van der Waals surface area contributed by atoms with E-state index in [-0.39, 0.29) is 0 Å². The molecule has 0 spiro atoms. The van der Waals surface area contributed by atoms with Gasteiger partial charge in [-0.25, -0.2) is 0 Å². The summed E-state index contributed by atoms with van der Waals surface area (Å²) in [7, 11) is 2.06. The molecule has 0 bridgehead atoms. The quantitative estimate of drug-likeness (QED) is 0.747. The van der Waals surface area contributed by atoms with Crippen molar-refractivity contribution in [3.05, 3.63) is 0 Å². The molecule has 1 aliphatic heterocycles. The standard InChI is InChI=1S/C12H26N2O/c1-5-11-9-15-7-6-14(11)8-12(13-4)10(2)3/h10-13H,5-9H2,1-4H3. The van der Waals surface area contributed by atoms with Crippen molar-refractivity contribution in [2.75, 3.05) is 33.4 Å². The van der Waals surface area contributed by atoms with Crippen LogP contribution in [0.4, 0.5) is 0 Å². The van der Waals surface area contributed by atoms with Gasteiger partial charge in [-0.05, 0) is 19.4 Å². The van der Waals surface area contributed by atoms with Gasteiger partial charge in [0.2, 0.25) is 0 Å². The van der Waals surface area contributed by atoms with Gasteiger partial charge in [0, 0.05) is 25.2 Å². The van der Waals surface area contributed by atoms with Crippen LogP contribution in [0.3, 0.4) is 0 Å². The van der Waals surface area contributed by atoms with E-state index in [4.69, 9.17) is 4.74 Å². The van der Waals surface area contributed by atoms with Gasteiger partial charge in [-0.15, -0.1) is 0 Å². The minimum atomic E-state index is 0.595. The van der Waals surface area contributed by atoms with Crippen LogP contribution in [0.2, 0.25) is 0 Å². The molecule has 1 N–H and O–H groups in total. The van der Waals surface area contributed by atoms with Crippen molar-refractivity contribution in [2.45, 2.75) is 39.3 Å². The number of likely N-dealkylation sites (N-methyl/N-ethyl adjacent to an activating group) is 1. The predicted octanol–water partition coefficient (Wildman–Crippen LogP) is 1.34. The summed E-state index contributed by atoms with van der Waals surface area (Å²) in [6.07, 6.45) is 1.19. The van der Waals surface area contributed by atoms with Gasteiger partial charge in [-0.2, -0.15) is 0 Å². The Kier molecular flexibility index (Phi) is 5.58. The number of hydrogen-bond donors (Lipinski definition) is 1. The van der Waals surface area contributed by atoms with Crippen LogP contribution in [0.5, 0.6) is 0 Å². The van der Waals surface area contributed by atoms with Crippen LogP contribution in [0, 0.1) is 5.92 Å². The zero-order chi connectivity index (χ0) is 11.3. The molecule has 15 heavy (non-hydrogen) atoms. The summed E-state index contributed by atoms with van der Waals surface area (Å²) in [4.78, 5) is 2.57. The Labute approximate surface area is 94.2 Å². The number of hydrogen-bond acceptors (Lipinski definition) is 3. The summed E-state index contributed by atoms with van der Waals surface area (Å²) in [5.74, 6) is 0.690. The highest BCUT2D eigenvalue weighted by atomic mass is 16.5. The van der Waals surface area contributed by atoms with Crippen LogP contribution in [0.15, 0.2) is 0 Å². The van der Waals surface area contributed by atoms with Crippen LogP contribution in [0.1, 0.15) is 27.2 Å². The first-order valence-corrected chi connectivity index (χ1v) is 6.18. The van der Waals surface area contributed by atoms with Crippen molar-refractivity contribution in [1.29, 1.82) is 0 Å². The number of ether oxygens (including phenoxy) is 1. The van der Waals surface area contributed by atoms with Crippen molar-refractivity contribution in [2.24, 2.45) is 5.92 Å². The lowest BCUT2D eigenvalue weighted by Gasteiger charge is -2.38. The van der Waals surface area contributed by atoms with E-state index in [1.54, 1.807) is 0 Å². The molecule has 1 heterocycles. The van der Waals surface area contributed by atoms with Crippen LogP contribution < -0.4 is 5.32 Å². The monoisotopic (exact) mass is 214 g/mol. The van der Waals surface area contributed by atoms with Crippen LogP contribution >= 0.6 is 0 Å². The van der Waals surface area contributed by atoms with Gasteiger partial charge in [0.1, 0.15) is 0 Å². The molecule has 0 saturated carbocycles. The Hall–Kier alpha value is -0.120. The average molecular weight is 214 g/mol. The maximum absolute atomic E-state index is 5.52. The molecule has 0 radical (unpaired) electrons. The Morgan fingerprint density at radius 1 is 1.47 bits per heavy atom. The predicted molar refractivity (Wildman–Crippen MR) is 64.2 cm³/mol. The average Bonchev–Trinajstić information content (AvgIpc) is 2.25. The highest BCUT2D eigenvalue weighted by Gasteiger charge is 2.24. The first-order chi connectivity index (χ1) is 7.19. The minimum Gasteiger partial charge on any atom is -0.378 e. The van der Waals surface area contributed by atoms with E-state index in [2.05, 4.69) is 38.0 Å². The van der Waals surface area contributed by atoms with E-state index >= 15 is 0 Å². The van der Waals surface area contributed by atoms with Gasteiger partial charge in [0.05, 0.1) is 13.2 Å². The molecule has 0 aromatic rings. The molecule has 0 aliphatic carbocycles. The summed E-state index contributed by atoms with van der Waals surface area (Å²) in [5, 5.41) is 3.41. The van der Waals surface area contributed by atoms with E-state index in [9.17, 15) is 0 Å². The Balaban J connectivity index is 2.46. The molecule has 1 saturated heterocycles. The molecule has 1 aliphatic rings. The van der Waals surface area contributed by atoms with Crippen molar-refractivity contribution in [3.63, 3.8) is 0 Å². The van der Waals surface area contributed by atoms with E-state index < -0.39 is 0 Å². The highest BCUT2D eigenvalue weighted by molar-refractivity contribution is 4.80. The van der Waals surface area contributed by atoms with Crippen LogP contribution in [0.25, 0.3) is 0 Å². The van der Waals surface area contributed by atoms with Gasteiger partial charge in [-0.3, -0.25) is 4.90 Å².